The molecule has 0 aliphatic heterocycles. The first-order valence-corrected chi connectivity index (χ1v) is 13.8. The Balaban J connectivity index is 1.88. The van der Waals surface area contributed by atoms with Crippen molar-refractivity contribution in [2.24, 2.45) is 7.05 Å². The summed E-state index contributed by atoms with van der Waals surface area (Å²) in [5.74, 6) is 1.87. The molecule has 3 nitrogen and oxygen atoms in total. The van der Waals surface area contributed by atoms with Crippen LogP contribution < -0.4 is 4.57 Å². The Hall–Kier alpha value is -3.85. The van der Waals surface area contributed by atoms with E-state index in [-0.39, 0.29) is 0 Å². The fourth-order valence-corrected chi connectivity index (χ4v) is 5.63. The molecule has 0 radical (unpaired) electrons. The van der Waals surface area contributed by atoms with Gasteiger partial charge in [-0.3, -0.25) is 0 Å². The van der Waals surface area contributed by atoms with Crippen molar-refractivity contribution in [3.8, 4) is 22.8 Å². The summed E-state index contributed by atoms with van der Waals surface area (Å²) in [5.41, 5.74) is 11.6. The lowest BCUT2D eigenvalue weighted by atomic mass is 9.88. The number of hydrogen-bond acceptors (Lipinski definition) is 0. The molecule has 3 aromatic carbocycles. The van der Waals surface area contributed by atoms with E-state index in [1.54, 1.807) is 0 Å². The summed E-state index contributed by atoms with van der Waals surface area (Å²) in [5, 5.41) is 1.27. The molecule has 0 spiro atoms. The molecular weight excluding hydrogens is 462 g/mol. The van der Waals surface area contributed by atoms with Gasteiger partial charge in [0.1, 0.15) is 23.1 Å². The van der Waals surface area contributed by atoms with E-state index in [0.717, 1.165) is 5.95 Å². The highest BCUT2D eigenvalue weighted by Gasteiger charge is 2.30. The zero-order valence-corrected chi connectivity index (χ0v) is 24.1. The summed E-state index contributed by atoms with van der Waals surface area (Å²) < 4.78 is 7.15. The van der Waals surface area contributed by atoms with E-state index in [1.165, 1.54) is 55.7 Å². The van der Waals surface area contributed by atoms with Crippen LogP contribution in [0.25, 0.3) is 39.2 Å². The third-order valence-electron chi connectivity index (χ3n) is 7.79. The van der Waals surface area contributed by atoms with Crippen LogP contribution in [-0.2, 0) is 7.05 Å². The van der Waals surface area contributed by atoms with Gasteiger partial charge in [-0.25, -0.2) is 9.13 Å². The zero-order chi connectivity index (χ0) is 27.1. The number of nitrogens with zero attached hydrogens (tertiary/aromatic N) is 3. The maximum absolute atomic E-state index is 2.46. The number of hydrogen-bond donors (Lipinski definition) is 0. The number of rotatable bonds is 6. The lowest BCUT2D eigenvalue weighted by molar-refractivity contribution is -0.664. The molecule has 0 saturated heterocycles. The molecule has 38 heavy (non-hydrogen) atoms. The van der Waals surface area contributed by atoms with E-state index in [2.05, 4.69) is 154 Å². The lowest BCUT2D eigenvalue weighted by Gasteiger charge is -2.21. The molecule has 0 N–H and O–H groups in total. The Morgan fingerprint density at radius 3 is 2.11 bits per heavy atom. The fraction of sp³-hybridized carbons (Fsp3) is 0.286. The van der Waals surface area contributed by atoms with Crippen molar-refractivity contribution in [1.82, 2.24) is 9.13 Å². The molecule has 194 valence electrons. The third-order valence-corrected chi connectivity index (χ3v) is 7.79. The minimum atomic E-state index is 0.367. The fourth-order valence-electron chi connectivity index (χ4n) is 5.63. The molecule has 0 unspecified atom stereocenters. The predicted octanol–water partition coefficient (Wildman–Crippen LogP) is 8.89. The van der Waals surface area contributed by atoms with E-state index in [0.29, 0.717) is 11.8 Å². The normalized spacial score (nSPS) is 12.3. The van der Waals surface area contributed by atoms with Crippen LogP contribution in [0.15, 0.2) is 85.2 Å². The average molecular weight is 503 g/mol. The maximum atomic E-state index is 2.46. The molecule has 0 aliphatic carbocycles. The number of aromatic nitrogens is 3. The first-order chi connectivity index (χ1) is 18.2. The summed E-state index contributed by atoms with van der Waals surface area (Å²) in [6.45, 7) is 15.8. The first-order valence-electron chi connectivity index (χ1n) is 13.8. The molecule has 0 bridgehead atoms. The van der Waals surface area contributed by atoms with Crippen molar-refractivity contribution in [3.63, 3.8) is 0 Å². The van der Waals surface area contributed by atoms with Gasteiger partial charge in [0.15, 0.2) is 0 Å². The number of benzene rings is 3. The lowest BCUT2D eigenvalue weighted by Crippen LogP contribution is -2.33. The standard InChI is InChI=1S/C35H40N3/c1-9-25(6)32-22-28-17-13-14-26(7)33(28)38(32)35-36(8)18-19-37(35)34-30(23(2)3)20-29(21-31(34)24(4)5)27-15-11-10-12-16-27/h9-24H,1-8H3/q+1. The van der Waals surface area contributed by atoms with Crippen molar-refractivity contribution in [2.45, 2.75) is 60.3 Å². The van der Waals surface area contributed by atoms with Gasteiger partial charge >= 0.3 is 5.95 Å². The Morgan fingerprint density at radius 2 is 1.50 bits per heavy atom. The third kappa shape index (κ3) is 4.30. The van der Waals surface area contributed by atoms with Crippen LogP contribution in [0, 0.1) is 6.92 Å². The second kappa shape index (κ2) is 10.1. The van der Waals surface area contributed by atoms with Crippen molar-refractivity contribution in [1.29, 1.82) is 0 Å². The molecule has 5 aromatic rings. The molecule has 0 aliphatic rings. The van der Waals surface area contributed by atoms with Crippen molar-refractivity contribution in [3.05, 3.63) is 108 Å². The number of imidazole rings is 1. The molecule has 2 heterocycles. The minimum Gasteiger partial charge on any atom is -0.237 e. The highest BCUT2D eigenvalue weighted by molar-refractivity contribution is 5.89. The quantitative estimate of drug-likeness (QED) is 0.206. The molecule has 0 saturated carbocycles. The molecular formula is C35H40N3+. The highest BCUT2D eigenvalue weighted by atomic mass is 15.3. The van der Waals surface area contributed by atoms with Gasteiger partial charge in [-0.15, -0.1) is 0 Å². The van der Waals surface area contributed by atoms with Crippen molar-refractivity contribution >= 4 is 16.5 Å². The molecule has 5 rings (SSSR count). The van der Waals surface area contributed by atoms with Gasteiger partial charge in [-0.2, -0.15) is 4.57 Å². The monoisotopic (exact) mass is 502 g/mol. The number of para-hydroxylation sites is 1. The second-order valence-electron chi connectivity index (χ2n) is 11.1. The van der Waals surface area contributed by atoms with Gasteiger partial charge < -0.3 is 0 Å². The SMILES string of the molecule is CC=C(C)c1cc2cccc(C)c2n1-c1n(-c2c(C(C)C)cc(-c3ccccc3)cc2C(C)C)cc[n+]1C. The van der Waals surface area contributed by atoms with Gasteiger partial charge in [0.05, 0.1) is 13.2 Å². The summed E-state index contributed by atoms with van der Waals surface area (Å²) in [4.78, 5) is 0. The second-order valence-corrected chi connectivity index (χ2v) is 11.1. The highest BCUT2D eigenvalue weighted by Crippen LogP contribution is 2.38. The van der Waals surface area contributed by atoms with E-state index >= 15 is 0 Å². The molecule has 0 amide bonds. The van der Waals surface area contributed by atoms with Crippen LogP contribution in [0.3, 0.4) is 0 Å². The number of allylic oxidation sites excluding steroid dienone is 2. The average Bonchev–Trinajstić information content (AvgIpc) is 3.48. The van der Waals surface area contributed by atoms with Crippen LogP contribution in [0.1, 0.15) is 75.8 Å². The zero-order valence-electron chi connectivity index (χ0n) is 24.1. The largest absolute Gasteiger partial charge is 0.374 e. The predicted molar refractivity (Wildman–Crippen MR) is 161 cm³/mol. The van der Waals surface area contributed by atoms with Gasteiger partial charge in [0.25, 0.3) is 0 Å². The number of aryl methyl sites for hydroxylation is 2. The maximum Gasteiger partial charge on any atom is 0.374 e. The van der Waals surface area contributed by atoms with E-state index in [1.807, 2.05) is 0 Å². The molecule has 2 aromatic heterocycles. The topological polar surface area (TPSA) is 13.7 Å². The van der Waals surface area contributed by atoms with Gasteiger partial charge in [0.2, 0.25) is 0 Å². The van der Waals surface area contributed by atoms with E-state index in [4.69, 9.17) is 0 Å². The Morgan fingerprint density at radius 1 is 0.842 bits per heavy atom. The summed E-state index contributed by atoms with van der Waals surface area (Å²) >= 11 is 0. The molecule has 3 heteroatoms. The minimum absolute atomic E-state index is 0.367. The van der Waals surface area contributed by atoms with E-state index in [9.17, 15) is 0 Å². The van der Waals surface area contributed by atoms with Gasteiger partial charge in [-0.1, -0.05) is 82.3 Å². The Labute approximate surface area is 227 Å². The molecule has 0 fully saturated rings. The van der Waals surface area contributed by atoms with Crippen LogP contribution in [0.2, 0.25) is 0 Å². The number of fused-ring (bicyclic) bond motifs is 1. The molecule has 0 atom stereocenters. The van der Waals surface area contributed by atoms with Crippen molar-refractivity contribution in [2.75, 3.05) is 0 Å². The summed E-state index contributed by atoms with van der Waals surface area (Å²) in [6, 6.07) is 24.5. The Kier molecular flexibility index (Phi) is 6.88. The van der Waals surface area contributed by atoms with Crippen LogP contribution in [0.5, 0.6) is 0 Å². The van der Waals surface area contributed by atoms with Gasteiger partial charge in [-0.05, 0) is 84.2 Å². The van der Waals surface area contributed by atoms with Gasteiger partial charge in [0, 0.05) is 5.39 Å². The van der Waals surface area contributed by atoms with Crippen molar-refractivity contribution < 1.29 is 4.57 Å². The van der Waals surface area contributed by atoms with E-state index < -0.39 is 0 Å². The van der Waals surface area contributed by atoms with Crippen LogP contribution >= 0.6 is 0 Å². The first kappa shape index (κ1) is 25.8. The Bertz CT molecular complexity index is 1610. The summed E-state index contributed by atoms with van der Waals surface area (Å²) in [6.07, 6.45) is 6.64. The van der Waals surface area contributed by atoms with Crippen LogP contribution in [-0.4, -0.2) is 9.13 Å². The smallest absolute Gasteiger partial charge is 0.237 e. The van der Waals surface area contributed by atoms with Crippen LogP contribution in [0.4, 0.5) is 0 Å². The summed E-state index contributed by atoms with van der Waals surface area (Å²) in [7, 11) is 2.16.